The van der Waals surface area contributed by atoms with Crippen molar-refractivity contribution in [3.8, 4) is 0 Å². The lowest BCUT2D eigenvalue weighted by molar-refractivity contribution is -0.118. The van der Waals surface area contributed by atoms with Crippen LogP contribution in [0.2, 0.25) is 0 Å². The van der Waals surface area contributed by atoms with E-state index in [0.29, 0.717) is 0 Å². The number of para-hydroxylation sites is 1. The van der Waals surface area contributed by atoms with Gasteiger partial charge in [0.15, 0.2) is 0 Å². The summed E-state index contributed by atoms with van der Waals surface area (Å²) < 4.78 is 0. The van der Waals surface area contributed by atoms with Gasteiger partial charge in [0.25, 0.3) is 0 Å². The van der Waals surface area contributed by atoms with Crippen LogP contribution in [0.25, 0.3) is 17.0 Å². The Hall–Kier alpha value is -2.20. The fourth-order valence-corrected chi connectivity index (χ4v) is 1.84. The second-order valence-electron chi connectivity index (χ2n) is 5.29. The minimum Gasteiger partial charge on any atom is -0.394 e. The Kier molecular flexibility index (Phi) is 4.15. The van der Waals surface area contributed by atoms with Gasteiger partial charge in [-0.1, -0.05) is 24.3 Å². The van der Waals surface area contributed by atoms with Gasteiger partial charge in [-0.3, -0.25) is 9.78 Å². The lowest BCUT2D eigenvalue weighted by Gasteiger charge is -2.22. The van der Waals surface area contributed by atoms with E-state index in [1.165, 1.54) is 6.08 Å². The number of nitrogens with one attached hydrogen (secondary N) is 1. The maximum Gasteiger partial charge on any atom is 0.244 e. The molecule has 1 heterocycles. The van der Waals surface area contributed by atoms with Crippen molar-refractivity contribution in [2.45, 2.75) is 19.4 Å². The molecule has 4 heteroatoms. The van der Waals surface area contributed by atoms with Gasteiger partial charge in [0, 0.05) is 23.2 Å². The van der Waals surface area contributed by atoms with Crippen molar-refractivity contribution in [1.29, 1.82) is 0 Å². The predicted octanol–water partition coefficient (Wildman–Crippen LogP) is 2.14. The Labute approximate surface area is 118 Å². The number of aliphatic hydroxyl groups is 1. The predicted molar refractivity (Wildman–Crippen MR) is 80.1 cm³/mol. The lowest BCUT2D eigenvalue weighted by atomic mass is 10.1. The van der Waals surface area contributed by atoms with Gasteiger partial charge in [-0.15, -0.1) is 0 Å². The number of carbonyl (C=O) groups excluding carboxylic acids is 1. The fourth-order valence-electron chi connectivity index (χ4n) is 1.84. The third-order valence-corrected chi connectivity index (χ3v) is 2.94. The Morgan fingerprint density at radius 3 is 2.85 bits per heavy atom. The number of hydrogen-bond acceptors (Lipinski definition) is 3. The summed E-state index contributed by atoms with van der Waals surface area (Å²) >= 11 is 0. The first-order valence-corrected chi connectivity index (χ1v) is 6.47. The van der Waals surface area contributed by atoms with Gasteiger partial charge in [-0.05, 0) is 26.0 Å². The summed E-state index contributed by atoms with van der Waals surface area (Å²) in [6.45, 7) is 3.42. The van der Waals surface area contributed by atoms with Crippen molar-refractivity contribution in [3.05, 3.63) is 48.2 Å². The summed E-state index contributed by atoms with van der Waals surface area (Å²) in [5.41, 5.74) is 1.12. The fraction of sp³-hybridized carbons (Fsp3) is 0.250. The highest BCUT2D eigenvalue weighted by Crippen LogP contribution is 2.17. The number of hydrogen-bond donors (Lipinski definition) is 2. The number of nitrogens with zero attached hydrogens (tertiary/aromatic N) is 1. The molecule has 0 aliphatic carbocycles. The van der Waals surface area contributed by atoms with Gasteiger partial charge in [-0.25, -0.2) is 0 Å². The molecule has 0 saturated carbocycles. The van der Waals surface area contributed by atoms with Crippen molar-refractivity contribution < 1.29 is 9.90 Å². The van der Waals surface area contributed by atoms with E-state index in [0.717, 1.165) is 16.5 Å². The monoisotopic (exact) mass is 270 g/mol. The first kappa shape index (κ1) is 14.2. The lowest BCUT2D eigenvalue weighted by Crippen LogP contribution is -2.45. The van der Waals surface area contributed by atoms with E-state index in [1.54, 1.807) is 26.1 Å². The van der Waals surface area contributed by atoms with Crippen LogP contribution in [-0.2, 0) is 4.79 Å². The number of fused-ring (bicyclic) bond motifs is 1. The van der Waals surface area contributed by atoms with Gasteiger partial charge < -0.3 is 10.4 Å². The number of aliphatic hydroxyl groups excluding tert-OH is 1. The molecule has 0 aliphatic rings. The zero-order chi connectivity index (χ0) is 14.6. The average molecular weight is 270 g/mol. The van der Waals surface area contributed by atoms with Crippen molar-refractivity contribution in [2.24, 2.45) is 0 Å². The van der Waals surface area contributed by atoms with Crippen LogP contribution in [0.1, 0.15) is 19.4 Å². The summed E-state index contributed by atoms with van der Waals surface area (Å²) in [6, 6.07) is 9.69. The molecule has 0 aliphatic heterocycles. The third kappa shape index (κ3) is 3.42. The maximum atomic E-state index is 11.8. The Morgan fingerprint density at radius 1 is 1.35 bits per heavy atom. The molecule has 1 amide bonds. The van der Waals surface area contributed by atoms with E-state index in [1.807, 2.05) is 30.3 Å². The van der Waals surface area contributed by atoms with Crippen LogP contribution in [-0.4, -0.2) is 28.1 Å². The summed E-state index contributed by atoms with van der Waals surface area (Å²) in [6.07, 6.45) is 4.92. The molecule has 4 nitrogen and oxygen atoms in total. The molecule has 0 saturated heterocycles. The Morgan fingerprint density at radius 2 is 2.10 bits per heavy atom. The van der Waals surface area contributed by atoms with Crippen LogP contribution in [0.4, 0.5) is 0 Å². The molecular weight excluding hydrogens is 252 g/mol. The molecule has 0 atom stereocenters. The number of aromatic nitrogens is 1. The van der Waals surface area contributed by atoms with E-state index in [2.05, 4.69) is 10.3 Å². The van der Waals surface area contributed by atoms with Gasteiger partial charge >= 0.3 is 0 Å². The molecule has 20 heavy (non-hydrogen) atoms. The van der Waals surface area contributed by atoms with Crippen LogP contribution in [0.5, 0.6) is 0 Å². The first-order chi connectivity index (χ1) is 9.52. The third-order valence-electron chi connectivity index (χ3n) is 2.94. The van der Waals surface area contributed by atoms with Gasteiger partial charge in [-0.2, -0.15) is 0 Å². The number of amides is 1. The second kappa shape index (κ2) is 5.84. The average Bonchev–Trinajstić information content (AvgIpc) is 2.44. The molecular formula is C16H18N2O2. The quantitative estimate of drug-likeness (QED) is 0.837. The van der Waals surface area contributed by atoms with Gasteiger partial charge in [0.05, 0.1) is 17.7 Å². The number of carbonyl (C=O) groups is 1. The van der Waals surface area contributed by atoms with Crippen LogP contribution in [0, 0.1) is 0 Å². The highest BCUT2D eigenvalue weighted by molar-refractivity contribution is 5.95. The zero-order valence-electron chi connectivity index (χ0n) is 11.6. The summed E-state index contributed by atoms with van der Waals surface area (Å²) in [7, 11) is 0. The maximum absolute atomic E-state index is 11.8. The molecule has 0 fully saturated rings. The summed E-state index contributed by atoms with van der Waals surface area (Å²) in [5.74, 6) is -0.239. The SMILES string of the molecule is CC(C)(CO)NC(=O)/C=C/c1cccc2cccnc12. The molecule has 2 aromatic rings. The minimum atomic E-state index is -0.627. The number of rotatable bonds is 4. The highest BCUT2D eigenvalue weighted by Gasteiger charge is 2.17. The molecule has 2 rings (SSSR count). The molecule has 0 bridgehead atoms. The zero-order valence-corrected chi connectivity index (χ0v) is 11.6. The largest absolute Gasteiger partial charge is 0.394 e. The topological polar surface area (TPSA) is 62.2 Å². The van der Waals surface area contributed by atoms with Crippen molar-refractivity contribution in [1.82, 2.24) is 10.3 Å². The normalized spacial score (nSPS) is 11.9. The van der Waals surface area contributed by atoms with Crippen LogP contribution < -0.4 is 5.32 Å². The van der Waals surface area contributed by atoms with E-state index in [4.69, 9.17) is 5.11 Å². The summed E-state index contributed by atoms with van der Waals surface area (Å²) in [4.78, 5) is 16.1. The van der Waals surface area contributed by atoms with Crippen LogP contribution in [0.3, 0.4) is 0 Å². The molecule has 1 aromatic carbocycles. The smallest absolute Gasteiger partial charge is 0.244 e. The second-order valence-corrected chi connectivity index (χ2v) is 5.29. The van der Waals surface area contributed by atoms with E-state index in [9.17, 15) is 4.79 Å². The van der Waals surface area contributed by atoms with E-state index < -0.39 is 5.54 Å². The molecule has 104 valence electrons. The van der Waals surface area contributed by atoms with E-state index in [-0.39, 0.29) is 12.5 Å². The molecule has 0 unspecified atom stereocenters. The summed E-state index contributed by atoms with van der Waals surface area (Å²) in [5, 5.41) is 12.9. The van der Waals surface area contributed by atoms with Crippen LogP contribution in [0.15, 0.2) is 42.6 Å². The van der Waals surface area contributed by atoms with Gasteiger partial charge in [0.2, 0.25) is 5.91 Å². The number of pyridine rings is 1. The van der Waals surface area contributed by atoms with Crippen molar-refractivity contribution in [3.63, 3.8) is 0 Å². The van der Waals surface area contributed by atoms with E-state index >= 15 is 0 Å². The standard InChI is InChI=1S/C16H18N2O2/c1-16(2,11-19)18-14(20)9-8-13-6-3-5-12-7-4-10-17-15(12)13/h3-10,19H,11H2,1-2H3,(H,18,20)/b9-8+. The van der Waals surface area contributed by atoms with Crippen molar-refractivity contribution >= 4 is 22.9 Å². The molecule has 0 spiro atoms. The van der Waals surface area contributed by atoms with Crippen molar-refractivity contribution in [2.75, 3.05) is 6.61 Å². The molecule has 0 radical (unpaired) electrons. The minimum absolute atomic E-state index is 0.109. The van der Waals surface area contributed by atoms with Gasteiger partial charge in [0.1, 0.15) is 0 Å². The highest BCUT2D eigenvalue weighted by atomic mass is 16.3. The first-order valence-electron chi connectivity index (χ1n) is 6.47. The Balaban J connectivity index is 2.20. The Bertz CT molecular complexity index is 642. The number of benzene rings is 1. The van der Waals surface area contributed by atoms with Crippen LogP contribution >= 0.6 is 0 Å². The molecule has 1 aromatic heterocycles. The molecule has 2 N–H and O–H groups in total.